The van der Waals surface area contributed by atoms with Gasteiger partial charge in [-0.15, -0.1) is 0 Å². The number of anilines is 1. The lowest BCUT2D eigenvalue weighted by molar-refractivity contribution is -0.152. The quantitative estimate of drug-likeness (QED) is 0.799. The Balaban J connectivity index is 2.10. The summed E-state index contributed by atoms with van der Waals surface area (Å²) in [6.45, 7) is 4.73. The summed E-state index contributed by atoms with van der Waals surface area (Å²) in [5.74, 6) is -0.627. The molecule has 126 valence electrons. The molecule has 1 aliphatic carbocycles. The summed E-state index contributed by atoms with van der Waals surface area (Å²) in [4.78, 5) is 38.3. The van der Waals surface area contributed by atoms with Crippen molar-refractivity contribution in [1.82, 2.24) is 0 Å². The summed E-state index contributed by atoms with van der Waals surface area (Å²) in [7, 11) is 0. The number of Topliss-reactive ketones (excluding diaryl/α,β-unsaturated/α-hetero) is 2. The van der Waals surface area contributed by atoms with E-state index in [2.05, 4.69) is 0 Å². The van der Waals surface area contributed by atoms with Crippen LogP contribution in [0, 0.1) is 5.92 Å². The maximum Gasteiger partial charge on any atom is 0.302 e. The number of esters is 1. The third-order valence-corrected chi connectivity index (χ3v) is 4.86. The molecule has 0 radical (unpaired) electrons. The van der Waals surface area contributed by atoms with Crippen LogP contribution in [0.1, 0.15) is 33.6 Å². The van der Waals surface area contributed by atoms with Gasteiger partial charge in [0.05, 0.1) is 6.04 Å². The van der Waals surface area contributed by atoms with Crippen LogP contribution in [-0.2, 0) is 19.1 Å². The van der Waals surface area contributed by atoms with E-state index >= 15 is 0 Å². The van der Waals surface area contributed by atoms with E-state index in [0.29, 0.717) is 12.0 Å². The molecule has 0 saturated heterocycles. The Morgan fingerprint density at radius 3 is 2.42 bits per heavy atom. The molecule has 0 unspecified atom stereocenters. The van der Waals surface area contributed by atoms with Crippen molar-refractivity contribution < 1.29 is 19.1 Å². The number of rotatable bonds is 3. The van der Waals surface area contributed by atoms with Gasteiger partial charge in [-0.25, -0.2) is 0 Å². The predicted octanol–water partition coefficient (Wildman–Crippen LogP) is 2.65. The van der Waals surface area contributed by atoms with E-state index in [9.17, 15) is 14.4 Å². The van der Waals surface area contributed by atoms with Gasteiger partial charge in [0.25, 0.3) is 0 Å². The van der Waals surface area contributed by atoms with Gasteiger partial charge in [0.2, 0.25) is 0 Å². The SMILES string of the molecule is CC(=O)O[C@@H]1CC(=O)[C@H]2C[C@@H]1C(C(C)=O)=C(C)N2c1ccccc1. The zero-order chi connectivity index (χ0) is 17.4. The van der Waals surface area contributed by atoms with Crippen LogP contribution >= 0.6 is 0 Å². The first kappa shape index (κ1) is 16.4. The lowest BCUT2D eigenvalue weighted by Gasteiger charge is -2.47. The zero-order valence-electron chi connectivity index (χ0n) is 14.1. The molecule has 24 heavy (non-hydrogen) atoms. The van der Waals surface area contributed by atoms with E-state index in [1.165, 1.54) is 13.8 Å². The van der Waals surface area contributed by atoms with Gasteiger partial charge < -0.3 is 9.64 Å². The van der Waals surface area contributed by atoms with E-state index < -0.39 is 12.1 Å². The maximum atomic E-state index is 12.7. The zero-order valence-corrected chi connectivity index (χ0v) is 14.1. The van der Waals surface area contributed by atoms with E-state index in [4.69, 9.17) is 4.74 Å². The second-order valence-electron chi connectivity index (χ2n) is 6.44. The molecule has 5 heteroatoms. The number of carbonyl (C=O) groups excluding carboxylic acids is 3. The highest BCUT2D eigenvalue weighted by Gasteiger charge is 2.47. The van der Waals surface area contributed by atoms with Crippen molar-refractivity contribution in [2.24, 2.45) is 5.92 Å². The predicted molar refractivity (Wildman–Crippen MR) is 89.4 cm³/mol. The lowest BCUT2D eigenvalue weighted by atomic mass is 9.72. The van der Waals surface area contributed by atoms with E-state index in [1.807, 2.05) is 42.2 Å². The van der Waals surface area contributed by atoms with Crippen LogP contribution in [0.25, 0.3) is 0 Å². The van der Waals surface area contributed by atoms with Gasteiger partial charge in [-0.3, -0.25) is 14.4 Å². The third kappa shape index (κ3) is 2.75. The lowest BCUT2D eigenvalue weighted by Crippen LogP contribution is -2.54. The maximum absolute atomic E-state index is 12.7. The first-order valence-electron chi connectivity index (χ1n) is 8.16. The Morgan fingerprint density at radius 2 is 1.83 bits per heavy atom. The number of hydrogen-bond donors (Lipinski definition) is 0. The monoisotopic (exact) mass is 327 g/mol. The Kier molecular flexibility index (Phi) is 4.26. The van der Waals surface area contributed by atoms with Gasteiger partial charge in [0.1, 0.15) is 6.10 Å². The fourth-order valence-electron chi connectivity index (χ4n) is 4.00. The molecule has 5 nitrogen and oxygen atoms in total. The smallest absolute Gasteiger partial charge is 0.302 e. The number of fused-ring (bicyclic) bond motifs is 2. The van der Waals surface area contributed by atoms with Gasteiger partial charge in [0, 0.05) is 36.2 Å². The van der Waals surface area contributed by atoms with Gasteiger partial charge in [-0.1, -0.05) is 18.2 Å². The van der Waals surface area contributed by atoms with Gasteiger partial charge in [0.15, 0.2) is 11.6 Å². The second kappa shape index (κ2) is 6.23. The molecule has 2 aliphatic rings. The highest BCUT2D eigenvalue weighted by atomic mass is 16.5. The van der Waals surface area contributed by atoms with Crippen LogP contribution in [0.15, 0.2) is 41.6 Å². The van der Waals surface area contributed by atoms with Crippen LogP contribution < -0.4 is 4.90 Å². The molecule has 1 fully saturated rings. The molecule has 3 atom stereocenters. The number of allylic oxidation sites excluding steroid dienone is 1. The average molecular weight is 327 g/mol. The number of hydrogen-bond acceptors (Lipinski definition) is 5. The molecular formula is C19H21NO4. The number of ether oxygens (including phenoxy) is 1. The van der Waals surface area contributed by atoms with Crippen molar-refractivity contribution in [1.29, 1.82) is 0 Å². The first-order chi connectivity index (χ1) is 11.4. The summed E-state index contributed by atoms with van der Waals surface area (Å²) in [5, 5.41) is 0. The van der Waals surface area contributed by atoms with Crippen LogP contribution in [0.4, 0.5) is 5.69 Å². The minimum absolute atomic E-state index is 0.0385. The van der Waals surface area contributed by atoms with Crippen LogP contribution in [0.3, 0.4) is 0 Å². The van der Waals surface area contributed by atoms with Crippen LogP contribution in [-0.4, -0.2) is 29.7 Å². The third-order valence-electron chi connectivity index (χ3n) is 4.86. The van der Waals surface area contributed by atoms with Gasteiger partial charge in [-0.2, -0.15) is 0 Å². The van der Waals surface area contributed by atoms with Crippen molar-refractivity contribution in [2.75, 3.05) is 4.90 Å². The number of benzene rings is 1. The van der Waals surface area contributed by atoms with Crippen molar-refractivity contribution in [2.45, 2.75) is 45.8 Å². The van der Waals surface area contributed by atoms with Gasteiger partial charge in [-0.05, 0) is 32.4 Å². The molecule has 1 aromatic rings. The molecule has 0 amide bonds. The molecule has 2 bridgehead atoms. The largest absolute Gasteiger partial charge is 0.461 e. The Hall–Kier alpha value is -2.43. The van der Waals surface area contributed by atoms with E-state index in [-0.39, 0.29) is 29.9 Å². The number of para-hydroxylation sites is 1. The number of ketones is 2. The molecule has 1 aromatic carbocycles. The number of carbonyl (C=O) groups is 3. The topological polar surface area (TPSA) is 63.7 Å². The molecular weight excluding hydrogens is 306 g/mol. The summed E-state index contributed by atoms with van der Waals surface area (Å²) in [5.41, 5.74) is 2.34. The van der Waals surface area contributed by atoms with Gasteiger partial charge >= 0.3 is 5.97 Å². The average Bonchev–Trinajstić information content (AvgIpc) is 2.52. The molecule has 1 saturated carbocycles. The van der Waals surface area contributed by atoms with Crippen molar-refractivity contribution in [3.63, 3.8) is 0 Å². The molecule has 1 heterocycles. The summed E-state index contributed by atoms with van der Waals surface area (Å²) in [6, 6.07) is 9.31. The normalized spacial score (nSPS) is 26.4. The van der Waals surface area contributed by atoms with Crippen molar-refractivity contribution >= 4 is 23.2 Å². The van der Waals surface area contributed by atoms with Crippen molar-refractivity contribution in [3.8, 4) is 0 Å². The van der Waals surface area contributed by atoms with E-state index in [0.717, 1.165) is 11.4 Å². The summed E-state index contributed by atoms with van der Waals surface area (Å²) in [6.07, 6.45) is 0.110. The molecule has 0 N–H and O–H groups in total. The Bertz CT molecular complexity index is 722. The Labute approximate surface area is 141 Å². The minimum Gasteiger partial charge on any atom is -0.461 e. The molecule has 3 rings (SSSR count). The second-order valence-corrected chi connectivity index (χ2v) is 6.44. The minimum atomic E-state index is -0.543. The highest BCUT2D eigenvalue weighted by molar-refractivity contribution is 5.99. The molecule has 0 spiro atoms. The number of nitrogens with zero attached hydrogens (tertiary/aromatic N) is 1. The fourth-order valence-corrected chi connectivity index (χ4v) is 4.00. The molecule has 1 aliphatic heterocycles. The Morgan fingerprint density at radius 1 is 1.17 bits per heavy atom. The summed E-state index contributed by atoms with van der Waals surface area (Å²) >= 11 is 0. The highest BCUT2D eigenvalue weighted by Crippen LogP contribution is 2.42. The van der Waals surface area contributed by atoms with E-state index in [1.54, 1.807) is 0 Å². The van der Waals surface area contributed by atoms with Crippen LogP contribution in [0.5, 0.6) is 0 Å². The first-order valence-corrected chi connectivity index (χ1v) is 8.16. The standard InChI is InChI=1S/C19H21NO4/c1-11-19(12(2)21)15-9-16(17(23)10-18(15)24-13(3)22)20(11)14-7-5-4-6-8-14/h4-8,15-16,18H,9-10H2,1-3H3/t15-,16+,18+/m0/s1. The van der Waals surface area contributed by atoms with Crippen LogP contribution in [0.2, 0.25) is 0 Å². The molecule has 0 aromatic heterocycles. The summed E-state index contributed by atoms with van der Waals surface area (Å²) < 4.78 is 5.35. The van der Waals surface area contributed by atoms with Crippen molar-refractivity contribution in [3.05, 3.63) is 41.6 Å². The fraction of sp³-hybridized carbons (Fsp3) is 0.421.